The van der Waals surface area contributed by atoms with Gasteiger partial charge in [0.1, 0.15) is 5.69 Å². The quantitative estimate of drug-likeness (QED) is 0.820. The first-order valence-electron chi connectivity index (χ1n) is 11.5. The van der Waals surface area contributed by atoms with E-state index in [0.717, 1.165) is 44.3 Å². The molecule has 3 heterocycles. The van der Waals surface area contributed by atoms with Crippen LogP contribution in [0.4, 0.5) is 5.69 Å². The summed E-state index contributed by atoms with van der Waals surface area (Å²) < 4.78 is 1.85. The molecule has 30 heavy (non-hydrogen) atoms. The Labute approximate surface area is 179 Å². The van der Waals surface area contributed by atoms with Gasteiger partial charge in [0.2, 0.25) is 11.8 Å². The van der Waals surface area contributed by atoms with Crippen molar-refractivity contribution in [1.29, 1.82) is 0 Å². The molecule has 1 N–H and O–H groups in total. The first kappa shape index (κ1) is 21.1. The molecular formula is C24H35N3O3. The Morgan fingerprint density at radius 1 is 1.07 bits per heavy atom. The third kappa shape index (κ3) is 4.47. The van der Waals surface area contributed by atoms with Gasteiger partial charge < -0.3 is 14.8 Å². The molecule has 6 nitrogen and oxygen atoms in total. The van der Waals surface area contributed by atoms with Crippen molar-refractivity contribution in [2.75, 3.05) is 18.4 Å². The Kier molecular flexibility index (Phi) is 5.78. The first-order valence-corrected chi connectivity index (χ1v) is 11.5. The van der Waals surface area contributed by atoms with Crippen LogP contribution in [-0.4, -0.2) is 34.4 Å². The average Bonchev–Trinajstić information content (AvgIpc) is 2.69. The fourth-order valence-electron chi connectivity index (χ4n) is 5.41. The van der Waals surface area contributed by atoms with E-state index in [0.29, 0.717) is 31.1 Å². The van der Waals surface area contributed by atoms with E-state index < -0.39 is 0 Å². The monoisotopic (exact) mass is 413 g/mol. The first-order chi connectivity index (χ1) is 14.2. The Hall–Kier alpha value is -2.11. The van der Waals surface area contributed by atoms with Crippen molar-refractivity contribution in [1.82, 2.24) is 9.47 Å². The van der Waals surface area contributed by atoms with Gasteiger partial charge in [-0.25, -0.2) is 0 Å². The van der Waals surface area contributed by atoms with Gasteiger partial charge in [-0.2, -0.15) is 0 Å². The molecule has 0 spiro atoms. The van der Waals surface area contributed by atoms with Crippen LogP contribution in [0.2, 0.25) is 0 Å². The maximum Gasteiger partial charge on any atom is 0.274 e. The highest BCUT2D eigenvalue weighted by Gasteiger charge is 2.37. The van der Waals surface area contributed by atoms with Gasteiger partial charge in [0.15, 0.2) is 0 Å². The minimum absolute atomic E-state index is 0.0118. The Bertz CT molecular complexity index is 877. The maximum absolute atomic E-state index is 13.1. The SMILES string of the molecule is CC(C)(C)CC(=O)N1CC2CC(C1)c1ccc(NC(=O)C3CCCCC3)c(=O)n1C2. The number of aromatic nitrogens is 1. The van der Waals surface area contributed by atoms with E-state index in [2.05, 4.69) is 26.1 Å². The summed E-state index contributed by atoms with van der Waals surface area (Å²) >= 11 is 0. The van der Waals surface area contributed by atoms with Gasteiger partial charge in [0, 0.05) is 43.6 Å². The Morgan fingerprint density at radius 2 is 1.80 bits per heavy atom. The van der Waals surface area contributed by atoms with Crippen molar-refractivity contribution in [3.63, 3.8) is 0 Å². The van der Waals surface area contributed by atoms with Gasteiger partial charge in [-0.3, -0.25) is 14.4 Å². The highest BCUT2D eigenvalue weighted by molar-refractivity contribution is 5.92. The van der Waals surface area contributed by atoms with E-state index in [-0.39, 0.29) is 34.6 Å². The number of carbonyl (C=O) groups is 2. The van der Waals surface area contributed by atoms with E-state index in [1.807, 2.05) is 15.5 Å². The summed E-state index contributed by atoms with van der Waals surface area (Å²) in [7, 11) is 0. The molecule has 2 aliphatic heterocycles. The second-order valence-corrected chi connectivity index (χ2v) is 10.7. The van der Waals surface area contributed by atoms with Gasteiger partial charge in [0.05, 0.1) is 0 Å². The van der Waals surface area contributed by atoms with Crippen LogP contribution >= 0.6 is 0 Å². The highest BCUT2D eigenvalue weighted by atomic mass is 16.2. The number of fused-ring (bicyclic) bond motifs is 4. The molecule has 1 aromatic heterocycles. The topological polar surface area (TPSA) is 71.4 Å². The van der Waals surface area contributed by atoms with Crippen LogP contribution in [0.5, 0.6) is 0 Å². The van der Waals surface area contributed by atoms with E-state index in [4.69, 9.17) is 0 Å². The lowest BCUT2D eigenvalue weighted by Crippen LogP contribution is -2.49. The molecular weight excluding hydrogens is 378 g/mol. The standard InChI is InChI=1S/C24H35N3O3/c1-24(2,3)12-21(28)26-13-16-11-18(15-26)20-10-9-19(23(30)27(20)14-16)25-22(29)17-7-5-4-6-8-17/h9-10,16-18H,4-8,11-15H2,1-3H3,(H,25,29). The summed E-state index contributed by atoms with van der Waals surface area (Å²) in [5.41, 5.74) is 1.28. The summed E-state index contributed by atoms with van der Waals surface area (Å²) in [6.07, 6.45) is 6.78. The number of nitrogens with zero attached hydrogens (tertiary/aromatic N) is 2. The minimum Gasteiger partial charge on any atom is -0.342 e. The molecule has 2 bridgehead atoms. The molecule has 3 aliphatic rings. The molecule has 2 fully saturated rings. The zero-order valence-corrected chi connectivity index (χ0v) is 18.6. The number of anilines is 1. The number of pyridine rings is 1. The Morgan fingerprint density at radius 3 is 2.50 bits per heavy atom. The smallest absolute Gasteiger partial charge is 0.274 e. The van der Waals surface area contributed by atoms with Gasteiger partial charge in [0.25, 0.3) is 5.56 Å². The molecule has 1 aliphatic carbocycles. The summed E-state index contributed by atoms with van der Waals surface area (Å²) in [6, 6.07) is 3.75. The third-order valence-electron chi connectivity index (χ3n) is 6.87. The van der Waals surface area contributed by atoms with Gasteiger partial charge in [-0.05, 0) is 42.7 Å². The van der Waals surface area contributed by atoms with Crippen LogP contribution in [0, 0.1) is 17.3 Å². The van der Waals surface area contributed by atoms with Crippen molar-refractivity contribution in [3.05, 3.63) is 28.2 Å². The number of piperidine rings is 1. The molecule has 1 saturated carbocycles. The lowest BCUT2D eigenvalue weighted by molar-refractivity contribution is -0.135. The largest absolute Gasteiger partial charge is 0.342 e. The number of amides is 2. The molecule has 1 aromatic rings. The van der Waals surface area contributed by atoms with E-state index in [9.17, 15) is 14.4 Å². The van der Waals surface area contributed by atoms with Crippen molar-refractivity contribution in [2.45, 2.75) is 78.2 Å². The average molecular weight is 414 g/mol. The molecule has 164 valence electrons. The van der Waals surface area contributed by atoms with Gasteiger partial charge in [-0.1, -0.05) is 40.0 Å². The second-order valence-electron chi connectivity index (χ2n) is 10.7. The molecule has 2 amide bonds. The third-order valence-corrected chi connectivity index (χ3v) is 6.87. The minimum atomic E-state index is -0.0965. The Balaban J connectivity index is 1.50. The summed E-state index contributed by atoms with van der Waals surface area (Å²) in [5.74, 6) is 0.715. The van der Waals surface area contributed by atoms with Crippen molar-refractivity contribution in [3.8, 4) is 0 Å². The number of carbonyl (C=O) groups excluding carboxylic acids is 2. The number of nitrogens with one attached hydrogen (secondary N) is 1. The fourth-order valence-corrected chi connectivity index (χ4v) is 5.41. The molecule has 1 saturated heterocycles. The summed E-state index contributed by atoms with van der Waals surface area (Å²) in [5, 5.41) is 2.91. The molecule has 2 unspecified atom stereocenters. The summed E-state index contributed by atoms with van der Waals surface area (Å²) in [6.45, 7) is 8.29. The molecule has 0 aromatic carbocycles. The van der Waals surface area contributed by atoms with E-state index in [1.54, 1.807) is 6.07 Å². The van der Waals surface area contributed by atoms with Crippen LogP contribution in [0.25, 0.3) is 0 Å². The van der Waals surface area contributed by atoms with Crippen LogP contribution in [0.3, 0.4) is 0 Å². The lowest BCUT2D eigenvalue weighted by atomic mass is 9.82. The summed E-state index contributed by atoms with van der Waals surface area (Å²) in [4.78, 5) is 40.5. The van der Waals surface area contributed by atoms with Gasteiger partial charge >= 0.3 is 0 Å². The number of hydrogen-bond donors (Lipinski definition) is 1. The van der Waals surface area contributed by atoms with E-state index >= 15 is 0 Å². The fraction of sp³-hybridized carbons (Fsp3) is 0.708. The van der Waals surface area contributed by atoms with E-state index in [1.165, 1.54) is 6.42 Å². The van der Waals surface area contributed by atoms with Crippen molar-refractivity contribution < 1.29 is 9.59 Å². The van der Waals surface area contributed by atoms with Gasteiger partial charge in [-0.15, -0.1) is 0 Å². The van der Waals surface area contributed by atoms with Crippen LogP contribution in [-0.2, 0) is 16.1 Å². The maximum atomic E-state index is 13.1. The normalized spacial score (nSPS) is 24.3. The van der Waals surface area contributed by atoms with Crippen molar-refractivity contribution in [2.24, 2.45) is 17.3 Å². The van der Waals surface area contributed by atoms with Crippen LogP contribution in [0.15, 0.2) is 16.9 Å². The molecule has 2 atom stereocenters. The van der Waals surface area contributed by atoms with Crippen molar-refractivity contribution >= 4 is 17.5 Å². The highest BCUT2D eigenvalue weighted by Crippen LogP contribution is 2.36. The predicted octanol–water partition coefficient (Wildman–Crippen LogP) is 3.75. The lowest BCUT2D eigenvalue weighted by Gasteiger charge is -2.43. The number of rotatable bonds is 3. The zero-order valence-electron chi connectivity index (χ0n) is 18.6. The van der Waals surface area contributed by atoms with Crippen LogP contribution in [0.1, 0.15) is 77.3 Å². The number of hydrogen-bond acceptors (Lipinski definition) is 3. The number of likely N-dealkylation sites (tertiary alicyclic amines) is 1. The van der Waals surface area contributed by atoms with Crippen LogP contribution < -0.4 is 10.9 Å². The molecule has 4 rings (SSSR count). The predicted molar refractivity (Wildman–Crippen MR) is 117 cm³/mol. The molecule has 6 heteroatoms. The molecule has 0 radical (unpaired) electrons. The zero-order chi connectivity index (χ0) is 21.5. The second kappa shape index (κ2) is 8.20.